The van der Waals surface area contributed by atoms with E-state index in [1.54, 1.807) is 12.4 Å². The molecule has 1 saturated heterocycles. The third kappa shape index (κ3) is 3.94. The monoisotopic (exact) mass is 261 g/mol. The maximum atomic E-state index is 12.2. The zero-order valence-corrected chi connectivity index (χ0v) is 11.9. The quantitative estimate of drug-likeness (QED) is 0.886. The lowest BCUT2D eigenvalue weighted by Crippen LogP contribution is -2.27. The van der Waals surface area contributed by atoms with Crippen molar-refractivity contribution in [2.75, 3.05) is 25.0 Å². The first-order valence-corrected chi connectivity index (χ1v) is 7.15. The molecule has 0 bridgehead atoms. The Morgan fingerprint density at radius 1 is 1.37 bits per heavy atom. The number of carbonyl (C=O) groups excluding carboxylic acids is 1. The second-order valence-corrected chi connectivity index (χ2v) is 5.57. The Morgan fingerprint density at radius 3 is 2.79 bits per heavy atom. The second-order valence-electron chi connectivity index (χ2n) is 5.57. The Kier molecular flexibility index (Phi) is 4.77. The van der Waals surface area contributed by atoms with Crippen LogP contribution in [0.4, 0.5) is 5.69 Å². The molecule has 104 valence electrons. The Morgan fingerprint density at radius 2 is 2.11 bits per heavy atom. The van der Waals surface area contributed by atoms with Gasteiger partial charge in [0.2, 0.25) is 0 Å². The molecule has 2 heterocycles. The van der Waals surface area contributed by atoms with Crippen molar-refractivity contribution in [3.8, 4) is 0 Å². The highest BCUT2D eigenvalue weighted by Gasteiger charge is 2.19. The molecule has 1 fully saturated rings. The summed E-state index contributed by atoms with van der Waals surface area (Å²) in [6, 6.07) is 1.91. The fraction of sp³-hybridized carbons (Fsp3) is 0.600. The molecule has 0 saturated carbocycles. The minimum Gasteiger partial charge on any atom is -0.384 e. The summed E-state index contributed by atoms with van der Waals surface area (Å²) < 4.78 is 0. The van der Waals surface area contributed by atoms with Gasteiger partial charge in [-0.1, -0.05) is 13.8 Å². The summed E-state index contributed by atoms with van der Waals surface area (Å²) in [5.74, 6) is 0.785. The van der Waals surface area contributed by atoms with Crippen molar-refractivity contribution in [3.05, 3.63) is 24.0 Å². The summed E-state index contributed by atoms with van der Waals surface area (Å²) in [5, 5.41) is 3.33. The maximum absolute atomic E-state index is 12.2. The van der Waals surface area contributed by atoms with Crippen molar-refractivity contribution < 1.29 is 4.79 Å². The normalized spacial score (nSPS) is 15.0. The molecule has 1 amide bonds. The molecule has 0 spiro atoms. The zero-order valence-electron chi connectivity index (χ0n) is 11.9. The molecule has 0 aromatic carbocycles. The summed E-state index contributed by atoms with van der Waals surface area (Å²) >= 11 is 0. The predicted molar refractivity (Wildman–Crippen MR) is 77.3 cm³/mol. The third-order valence-corrected chi connectivity index (χ3v) is 3.43. The average Bonchev–Trinajstić information content (AvgIpc) is 2.91. The standard InChI is InChI=1S/C15H23N3O/c1-12(2)5-6-17-14-9-13(10-16-11-14)15(19)18-7-3-4-8-18/h9-12,17H,3-8H2,1-2H3. The van der Waals surface area contributed by atoms with E-state index in [2.05, 4.69) is 24.1 Å². The molecule has 0 radical (unpaired) electrons. The average molecular weight is 261 g/mol. The molecular formula is C15H23N3O. The molecule has 4 heteroatoms. The highest BCUT2D eigenvalue weighted by atomic mass is 16.2. The number of carbonyl (C=O) groups is 1. The van der Waals surface area contributed by atoms with E-state index in [0.29, 0.717) is 11.5 Å². The Balaban J connectivity index is 1.96. The molecule has 1 N–H and O–H groups in total. The second kappa shape index (κ2) is 6.55. The van der Waals surface area contributed by atoms with E-state index in [-0.39, 0.29) is 5.91 Å². The van der Waals surface area contributed by atoms with Crippen molar-refractivity contribution in [3.63, 3.8) is 0 Å². The fourth-order valence-corrected chi connectivity index (χ4v) is 2.26. The Hall–Kier alpha value is -1.58. The molecule has 1 aromatic heterocycles. The van der Waals surface area contributed by atoms with E-state index in [1.165, 1.54) is 0 Å². The number of likely N-dealkylation sites (tertiary alicyclic amines) is 1. The van der Waals surface area contributed by atoms with Crippen LogP contribution in [-0.2, 0) is 0 Å². The highest BCUT2D eigenvalue weighted by molar-refractivity contribution is 5.94. The first-order chi connectivity index (χ1) is 9.16. The minimum atomic E-state index is 0.109. The largest absolute Gasteiger partial charge is 0.384 e. The number of rotatable bonds is 5. The third-order valence-electron chi connectivity index (χ3n) is 3.43. The molecule has 2 rings (SSSR count). The topological polar surface area (TPSA) is 45.2 Å². The van der Waals surface area contributed by atoms with E-state index >= 15 is 0 Å². The van der Waals surface area contributed by atoms with Crippen molar-refractivity contribution in [2.24, 2.45) is 5.92 Å². The number of aromatic nitrogens is 1. The van der Waals surface area contributed by atoms with Gasteiger partial charge in [-0.2, -0.15) is 0 Å². The van der Waals surface area contributed by atoms with Crippen LogP contribution in [0.5, 0.6) is 0 Å². The van der Waals surface area contributed by atoms with Crippen LogP contribution in [0.1, 0.15) is 43.5 Å². The fourth-order valence-electron chi connectivity index (χ4n) is 2.26. The molecule has 1 aromatic rings. The van der Waals surface area contributed by atoms with Crippen LogP contribution in [0.2, 0.25) is 0 Å². The van der Waals surface area contributed by atoms with Crippen molar-refractivity contribution in [1.29, 1.82) is 0 Å². The van der Waals surface area contributed by atoms with Gasteiger partial charge in [0.05, 0.1) is 11.3 Å². The van der Waals surface area contributed by atoms with Crippen LogP contribution >= 0.6 is 0 Å². The van der Waals surface area contributed by atoms with Gasteiger partial charge in [-0.05, 0) is 31.2 Å². The van der Waals surface area contributed by atoms with Gasteiger partial charge in [-0.15, -0.1) is 0 Å². The number of amides is 1. The summed E-state index contributed by atoms with van der Waals surface area (Å²) in [6.45, 7) is 7.08. The van der Waals surface area contributed by atoms with E-state index in [1.807, 2.05) is 11.0 Å². The predicted octanol–water partition coefficient (Wildman–Crippen LogP) is 2.78. The smallest absolute Gasteiger partial charge is 0.255 e. The van der Waals surface area contributed by atoms with Gasteiger partial charge >= 0.3 is 0 Å². The van der Waals surface area contributed by atoms with Crippen LogP contribution < -0.4 is 5.32 Å². The lowest BCUT2D eigenvalue weighted by atomic mass is 10.1. The van der Waals surface area contributed by atoms with Gasteiger partial charge in [0.1, 0.15) is 0 Å². The SMILES string of the molecule is CC(C)CCNc1cncc(C(=O)N2CCCC2)c1. The van der Waals surface area contributed by atoms with Gasteiger partial charge in [-0.3, -0.25) is 9.78 Å². The van der Waals surface area contributed by atoms with Crippen molar-refractivity contribution in [2.45, 2.75) is 33.1 Å². The number of nitrogens with one attached hydrogen (secondary N) is 1. The number of pyridine rings is 1. The Labute approximate surface area is 115 Å². The van der Waals surface area contributed by atoms with Crippen molar-refractivity contribution in [1.82, 2.24) is 9.88 Å². The summed E-state index contributed by atoms with van der Waals surface area (Å²) in [6.07, 6.45) is 6.79. The number of anilines is 1. The molecule has 4 nitrogen and oxygen atoms in total. The van der Waals surface area contributed by atoms with Crippen LogP contribution in [0, 0.1) is 5.92 Å². The molecule has 19 heavy (non-hydrogen) atoms. The summed E-state index contributed by atoms with van der Waals surface area (Å²) in [4.78, 5) is 18.3. The lowest BCUT2D eigenvalue weighted by molar-refractivity contribution is 0.0792. The van der Waals surface area contributed by atoms with Crippen LogP contribution in [-0.4, -0.2) is 35.4 Å². The van der Waals surface area contributed by atoms with Crippen LogP contribution in [0.15, 0.2) is 18.5 Å². The van der Waals surface area contributed by atoms with Crippen LogP contribution in [0.25, 0.3) is 0 Å². The zero-order chi connectivity index (χ0) is 13.7. The van der Waals surface area contributed by atoms with E-state index in [0.717, 1.165) is 44.6 Å². The molecular weight excluding hydrogens is 238 g/mol. The van der Waals surface area contributed by atoms with E-state index in [4.69, 9.17) is 0 Å². The van der Waals surface area contributed by atoms with Crippen molar-refractivity contribution >= 4 is 11.6 Å². The number of hydrogen-bond donors (Lipinski definition) is 1. The molecule has 0 aliphatic carbocycles. The first-order valence-electron chi connectivity index (χ1n) is 7.15. The van der Waals surface area contributed by atoms with E-state index < -0.39 is 0 Å². The van der Waals surface area contributed by atoms with Gasteiger partial charge in [0, 0.05) is 32.0 Å². The summed E-state index contributed by atoms with van der Waals surface area (Å²) in [5.41, 5.74) is 1.63. The molecule has 0 unspecified atom stereocenters. The summed E-state index contributed by atoms with van der Waals surface area (Å²) in [7, 11) is 0. The first kappa shape index (κ1) is 13.8. The minimum absolute atomic E-state index is 0.109. The molecule has 1 aliphatic rings. The molecule has 0 atom stereocenters. The van der Waals surface area contributed by atoms with Crippen LogP contribution in [0.3, 0.4) is 0 Å². The van der Waals surface area contributed by atoms with Gasteiger partial charge in [-0.25, -0.2) is 0 Å². The van der Waals surface area contributed by atoms with E-state index in [9.17, 15) is 4.79 Å². The highest BCUT2D eigenvalue weighted by Crippen LogP contribution is 2.15. The molecule has 1 aliphatic heterocycles. The van der Waals surface area contributed by atoms with Gasteiger partial charge in [0.15, 0.2) is 0 Å². The van der Waals surface area contributed by atoms with Gasteiger partial charge < -0.3 is 10.2 Å². The van der Waals surface area contributed by atoms with Gasteiger partial charge in [0.25, 0.3) is 5.91 Å². The number of nitrogens with zero attached hydrogens (tertiary/aromatic N) is 2. The number of hydrogen-bond acceptors (Lipinski definition) is 3. The maximum Gasteiger partial charge on any atom is 0.255 e. The lowest BCUT2D eigenvalue weighted by Gasteiger charge is -2.15. The Bertz CT molecular complexity index is 425.